The van der Waals surface area contributed by atoms with Crippen molar-refractivity contribution in [3.63, 3.8) is 0 Å². The summed E-state index contributed by atoms with van der Waals surface area (Å²) in [5.41, 5.74) is 4.19. The largest absolute Gasteiger partial charge is 0.258 e. The molecule has 0 atom stereocenters. The second-order valence-electron chi connectivity index (χ2n) is 4.03. The quantitative estimate of drug-likeness (QED) is 0.877. The highest BCUT2D eigenvalue weighted by Gasteiger charge is 2.22. The van der Waals surface area contributed by atoms with E-state index in [9.17, 15) is 0 Å². The minimum atomic E-state index is 0.565. The van der Waals surface area contributed by atoms with E-state index in [4.69, 9.17) is 0 Å². The van der Waals surface area contributed by atoms with Crippen LogP contribution in [0.25, 0.3) is 0 Å². The van der Waals surface area contributed by atoms with Gasteiger partial charge < -0.3 is 0 Å². The normalized spacial score (nSPS) is 23.1. The number of hydrogen-bond acceptors (Lipinski definition) is 4. The number of aliphatic imine (C=N–C) groups is 1. The lowest BCUT2D eigenvalue weighted by molar-refractivity contribution is 0.986. The van der Waals surface area contributed by atoms with Crippen molar-refractivity contribution in [1.29, 1.82) is 0 Å². The zero-order valence-corrected chi connectivity index (χ0v) is 10.7. The smallest absolute Gasteiger partial charge is 0.177 e. The third-order valence-electron chi connectivity index (χ3n) is 2.50. The fraction of sp³-hybridized carbons (Fsp3) is 0.455. The Morgan fingerprint density at radius 1 is 1.44 bits per heavy atom. The first-order chi connectivity index (χ1) is 7.81. The van der Waals surface area contributed by atoms with Gasteiger partial charge in [0.05, 0.1) is 16.6 Å². The van der Waals surface area contributed by atoms with Crippen LogP contribution in [0.3, 0.4) is 0 Å². The summed E-state index contributed by atoms with van der Waals surface area (Å²) in [5, 5.41) is 5.39. The zero-order valence-electron chi connectivity index (χ0n) is 9.06. The van der Waals surface area contributed by atoms with E-state index >= 15 is 0 Å². The Labute approximate surface area is 103 Å². The van der Waals surface area contributed by atoms with Crippen molar-refractivity contribution in [3.05, 3.63) is 21.9 Å². The number of amidine groups is 1. The van der Waals surface area contributed by atoms with Gasteiger partial charge in [0, 0.05) is 10.6 Å². The molecule has 84 valence electrons. The molecule has 1 fully saturated rings. The molecule has 0 aromatic carbocycles. The molecule has 0 amide bonds. The van der Waals surface area contributed by atoms with Crippen LogP contribution in [-0.4, -0.2) is 22.7 Å². The topological polar surface area (TPSA) is 36.8 Å². The third kappa shape index (κ3) is 2.30. The molecule has 2 heterocycles. The Morgan fingerprint density at radius 2 is 2.31 bits per heavy atom. The van der Waals surface area contributed by atoms with Crippen LogP contribution in [0.1, 0.15) is 22.6 Å². The third-order valence-corrected chi connectivity index (χ3v) is 4.44. The van der Waals surface area contributed by atoms with Crippen LogP contribution in [0, 0.1) is 6.92 Å². The average Bonchev–Trinajstić information content (AvgIpc) is 3.00. The van der Waals surface area contributed by atoms with Gasteiger partial charge in [-0.15, -0.1) is 11.3 Å². The maximum Gasteiger partial charge on any atom is 0.177 e. The van der Waals surface area contributed by atoms with Crippen LogP contribution >= 0.6 is 23.1 Å². The molecule has 1 N–H and O–H groups in total. The maximum atomic E-state index is 4.55. The van der Waals surface area contributed by atoms with E-state index in [1.54, 1.807) is 23.1 Å². The van der Waals surface area contributed by atoms with E-state index in [0.29, 0.717) is 6.04 Å². The molecule has 0 radical (unpaired) electrons. The van der Waals surface area contributed by atoms with Gasteiger partial charge >= 0.3 is 0 Å². The maximum absolute atomic E-state index is 4.55. The van der Waals surface area contributed by atoms with Crippen molar-refractivity contribution in [2.24, 2.45) is 10.1 Å². The van der Waals surface area contributed by atoms with Gasteiger partial charge in [-0.3, -0.25) is 10.4 Å². The van der Waals surface area contributed by atoms with Gasteiger partial charge in [0.15, 0.2) is 5.17 Å². The number of nitrogens with zero attached hydrogens (tertiary/aromatic N) is 2. The van der Waals surface area contributed by atoms with E-state index in [1.807, 2.05) is 0 Å². The standard InChI is InChI=1S/C11H13N3S2/c1-7-2-5-10(16-7)9-6-15-11(14-13-9)12-8-3-4-8/h2,5,8H,3-4,6H2,1H3,(H,12,14). The fourth-order valence-electron chi connectivity index (χ4n) is 1.47. The van der Waals surface area contributed by atoms with E-state index in [0.717, 1.165) is 16.6 Å². The summed E-state index contributed by atoms with van der Waals surface area (Å²) in [4.78, 5) is 7.15. The fourth-order valence-corrected chi connectivity index (χ4v) is 3.24. The van der Waals surface area contributed by atoms with Crippen molar-refractivity contribution in [3.8, 4) is 0 Å². The second kappa shape index (κ2) is 4.22. The highest BCUT2D eigenvalue weighted by molar-refractivity contribution is 8.14. The molecular formula is C11H13N3S2. The van der Waals surface area contributed by atoms with Gasteiger partial charge in [0.2, 0.25) is 0 Å². The molecule has 1 aliphatic carbocycles. The van der Waals surface area contributed by atoms with Gasteiger partial charge in [0.1, 0.15) is 0 Å². The Bertz CT molecular complexity index is 458. The van der Waals surface area contributed by atoms with Gasteiger partial charge in [-0.25, -0.2) is 0 Å². The van der Waals surface area contributed by atoms with Crippen LogP contribution in [0.2, 0.25) is 0 Å². The molecule has 2 aliphatic rings. The second-order valence-corrected chi connectivity index (χ2v) is 6.29. The highest BCUT2D eigenvalue weighted by Crippen LogP contribution is 2.26. The predicted octanol–water partition coefficient (Wildman–Crippen LogP) is 2.62. The zero-order chi connectivity index (χ0) is 11.0. The first kappa shape index (κ1) is 10.4. The summed E-state index contributed by atoms with van der Waals surface area (Å²) in [7, 11) is 0. The summed E-state index contributed by atoms with van der Waals surface area (Å²) in [5.74, 6) is 0.929. The predicted molar refractivity (Wildman–Crippen MR) is 71.6 cm³/mol. The molecule has 1 aliphatic heterocycles. The van der Waals surface area contributed by atoms with Gasteiger partial charge in [-0.2, -0.15) is 5.10 Å². The SMILES string of the molecule is Cc1ccc(C2=NNC(=NC3CC3)SC2)s1. The van der Waals surface area contributed by atoms with Crippen LogP contribution in [0.15, 0.2) is 22.2 Å². The van der Waals surface area contributed by atoms with Crippen LogP contribution in [0.4, 0.5) is 0 Å². The number of rotatable bonds is 2. The van der Waals surface area contributed by atoms with Crippen LogP contribution in [-0.2, 0) is 0 Å². The van der Waals surface area contributed by atoms with Crippen LogP contribution in [0.5, 0.6) is 0 Å². The summed E-state index contributed by atoms with van der Waals surface area (Å²) >= 11 is 3.56. The number of hydrazone groups is 1. The first-order valence-electron chi connectivity index (χ1n) is 5.41. The molecule has 0 unspecified atom stereocenters. The van der Waals surface area contributed by atoms with Crippen molar-refractivity contribution in [1.82, 2.24) is 5.43 Å². The minimum Gasteiger partial charge on any atom is -0.258 e. The summed E-state index contributed by atoms with van der Waals surface area (Å²) < 4.78 is 0. The summed E-state index contributed by atoms with van der Waals surface area (Å²) in [6.07, 6.45) is 2.48. The summed E-state index contributed by atoms with van der Waals surface area (Å²) in [6, 6.07) is 4.85. The number of nitrogens with one attached hydrogen (secondary N) is 1. The number of hydrogen-bond donors (Lipinski definition) is 1. The van der Waals surface area contributed by atoms with Crippen molar-refractivity contribution < 1.29 is 0 Å². The van der Waals surface area contributed by atoms with Crippen molar-refractivity contribution in [2.75, 3.05) is 5.75 Å². The monoisotopic (exact) mass is 251 g/mol. The van der Waals surface area contributed by atoms with E-state index in [-0.39, 0.29) is 0 Å². The molecule has 3 nitrogen and oxygen atoms in total. The Balaban J connectivity index is 1.73. The molecular weight excluding hydrogens is 238 g/mol. The molecule has 1 saturated carbocycles. The van der Waals surface area contributed by atoms with Crippen molar-refractivity contribution >= 4 is 34.0 Å². The summed E-state index contributed by atoms with van der Waals surface area (Å²) in [6.45, 7) is 2.12. The lowest BCUT2D eigenvalue weighted by Crippen LogP contribution is -2.25. The van der Waals surface area contributed by atoms with Crippen molar-refractivity contribution in [2.45, 2.75) is 25.8 Å². The number of aryl methyl sites for hydroxylation is 1. The van der Waals surface area contributed by atoms with E-state index in [2.05, 4.69) is 34.6 Å². The number of thioether (sulfide) groups is 1. The first-order valence-corrected chi connectivity index (χ1v) is 7.21. The average molecular weight is 251 g/mol. The van der Waals surface area contributed by atoms with Gasteiger partial charge in [0.25, 0.3) is 0 Å². The lowest BCUT2D eigenvalue weighted by Gasteiger charge is -2.13. The molecule has 5 heteroatoms. The highest BCUT2D eigenvalue weighted by atomic mass is 32.2. The molecule has 1 aromatic rings. The Hall–Kier alpha value is -0.810. The molecule has 0 spiro atoms. The molecule has 0 bridgehead atoms. The van der Waals surface area contributed by atoms with Gasteiger partial charge in [-0.05, 0) is 31.9 Å². The van der Waals surface area contributed by atoms with Gasteiger partial charge in [-0.1, -0.05) is 11.8 Å². The molecule has 16 heavy (non-hydrogen) atoms. The Morgan fingerprint density at radius 3 is 2.88 bits per heavy atom. The molecule has 3 rings (SSSR count). The van der Waals surface area contributed by atoms with E-state index < -0.39 is 0 Å². The minimum absolute atomic E-state index is 0.565. The molecule has 0 saturated heterocycles. The van der Waals surface area contributed by atoms with Crippen LogP contribution < -0.4 is 5.43 Å². The molecule has 1 aromatic heterocycles. The number of thiophene rings is 1. The van der Waals surface area contributed by atoms with E-state index in [1.165, 1.54) is 22.6 Å². The Kier molecular flexibility index (Phi) is 2.73. The lowest BCUT2D eigenvalue weighted by atomic mass is 10.3.